The number of nitrogens with one attached hydrogen (secondary N) is 1. The molecule has 20 heavy (non-hydrogen) atoms. The van der Waals surface area contributed by atoms with Crippen LogP contribution in [0.25, 0.3) is 0 Å². The Hall–Kier alpha value is -1.69. The van der Waals surface area contributed by atoms with Crippen LogP contribution in [0.2, 0.25) is 5.02 Å². The molecular weight excluding hydrogens is 291 g/mol. The summed E-state index contributed by atoms with van der Waals surface area (Å²) in [5, 5.41) is 2.75. The molecule has 7 heteroatoms. The van der Waals surface area contributed by atoms with Crippen molar-refractivity contribution in [1.82, 2.24) is 9.55 Å². The molecule has 0 radical (unpaired) electrons. The first-order valence-electron chi connectivity index (χ1n) is 5.95. The molecule has 0 aliphatic carbocycles. The van der Waals surface area contributed by atoms with Crippen LogP contribution in [-0.2, 0) is 6.18 Å². The minimum Gasteiger partial charge on any atom is -0.325 e. The van der Waals surface area contributed by atoms with E-state index in [1.165, 1.54) is 18.3 Å². The quantitative estimate of drug-likeness (QED) is 0.875. The average Bonchev–Trinajstić information content (AvgIpc) is 2.78. The van der Waals surface area contributed by atoms with E-state index in [0.717, 1.165) is 6.07 Å². The van der Waals surface area contributed by atoms with Crippen LogP contribution in [0.1, 0.15) is 25.5 Å². The SMILES string of the molecule is CC(C)n1ccnc1Nc1ccc(Cl)cc1C(F)(F)F. The summed E-state index contributed by atoms with van der Waals surface area (Å²) in [7, 11) is 0. The summed E-state index contributed by atoms with van der Waals surface area (Å²) in [5.41, 5.74) is -0.890. The van der Waals surface area contributed by atoms with Gasteiger partial charge in [0.05, 0.1) is 11.3 Å². The number of benzene rings is 1. The van der Waals surface area contributed by atoms with Gasteiger partial charge in [-0.15, -0.1) is 0 Å². The molecule has 0 fully saturated rings. The average molecular weight is 304 g/mol. The van der Waals surface area contributed by atoms with Gasteiger partial charge in [0.15, 0.2) is 0 Å². The van der Waals surface area contributed by atoms with Gasteiger partial charge >= 0.3 is 6.18 Å². The number of halogens is 4. The van der Waals surface area contributed by atoms with Crippen molar-refractivity contribution in [3.05, 3.63) is 41.2 Å². The lowest BCUT2D eigenvalue weighted by Crippen LogP contribution is -2.11. The highest BCUT2D eigenvalue weighted by Gasteiger charge is 2.34. The van der Waals surface area contributed by atoms with Crippen LogP contribution in [0.5, 0.6) is 0 Å². The second-order valence-corrected chi connectivity index (χ2v) is 5.00. The van der Waals surface area contributed by atoms with E-state index >= 15 is 0 Å². The number of hydrogen-bond donors (Lipinski definition) is 1. The topological polar surface area (TPSA) is 29.9 Å². The second kappa shape index (κ2) is 5.36. The summed E-state index contributed by atoms with van der Waals surface area (Å²) in [6, 6.07) is 3.68. The maximum Gasteiger partial charge on any atom is 0.418 e. The van der Waals surface area contributed by atoms with E-state index in [-0.39, 0.29) is 16.8 Å². The van der Waals surface area contributed by atoms with Crippen molar-refractivity contribution < 1.29 is 13.2 Å². The van der Waals surface area contributed by atoms with Crippen LogP contribution in [0.4, 0.5) is 24.8 Å². The van der Waals surface area contributed by atoms with E-state index in [9.17, 15) is 13.2 Å². The molecule has 1 aromatic carbocycles. The fourth-order valence-electron chi connectivity index (χ4n) is 1.81. The highest BCUT2D eigenvalue weighted by atomic mass is 35.5. The van der Waals surface area contributed by atoms with E-state index < -0.39 is 11.7 Å². The molecular formula is C13H13ClF3N3. The van der Waals surface area contributed by atoms with E-state index in [2.05, 4.69) is 10.3 Å². The predicted octanol–water partition coefficient (Wildman–Crippen LogP) is 4.88. The molecule has 0 amide bonds. The Labute approximate surface area is 119 Å². The largest absolute Gasteiger partial charge is 0.418 e. The van der Waals surface area contributed by atoms with E-state index in [4.69, 9.17) is 11.6 Å². The Kier molecular flexibility index (Phi) is 3.94. The molecule has 0 spiro atoms. The van der Waals surface area contributed by atoms with Gasteiger partial charge in [-0.1, -0.05) is 11.6 Å². The van der Waals surface area contributed by atoms with Gasteiger partial charge in [-0.3, -0.25) is 0 Å². The normalized spacial score (nSPS) is 11.9. The molecule has 2 rings (SSSR count). The lowest BCUT2D eigenvalue weighted by molar-refractivity contribution is -0.136. The van der Waals surface area contributed by atoms with Gasteiger partial charge in [0, 0.05) is 23.5 Å². The lowest BCUT2D eigenvalue weighted by Gasteiger charge is -2.17. The molecule has 0 aliphatic rings. The minimum absolute atomic E-state index is 0.0371. The Morgan fingerprint density at radius 2 is 2.00 bits per heavy atom. The van der Waals surface area contributed by atoms with Gasteiger partial charge in [0.1, 0.15) is 0 Å². The summed E-state index contributed by atoms with van der Waals surface area (Å²) in [4.78, 5) is 4.03. The minimum atomic E-state index is -4.48. The zero-order valence-corrected chi connectivity index (χ0v) is 11.6. The summed E-state index contributed by atoms with van der Waals surface area (Å²) in [6.45, 7) is 3.83. The molecule has 1 N–H and O–H groups in total. The third-order valence-electron chi connectivity index (χ3n) is 2.76. The lowest BCUT2D eigenvalue weighted by atomic mass is 10.1. The molecule has 2 aromatic rings. The highest BCUT2D eigenvalue weighted by molar-refractivity contribution is 6.30. The molecule has 0 saturated heterocycles. The van der Waals surface area contributed by atoms with Crippen molar-refractivity contribution in [2.24, 2.45) is 0 Å². The standard InChI is InChI=1S/C13H13ClF3N3/c1-8(2)20-6-5-18-12(20)19-11-4-3-9(14)7-10(11)13(15,16)17/h3-8H,1-2H3,(H,18,19). The first-order valence-corrected chi connectivity index (χ1v) is 6.33. The molecule has 1 heterocycles. The Morgan fingerprint density at radius 3 is 2.60 bits per heavy atom. The number of imidazole rings is 1. The molecule has 0 bridgehead atoms. The van der Waals surface area contributed by atoms with Crippen LogP contribution >= 0.6 is 11.6 Å². The van der Waals surface area contributed by atoms with Crippen molar-refractivity contribution in [2.45, 2.75) is 26.1 Å². The number of nitrogens with zero attached hydrogens (tertiary/aromatic N) is 2. The molecule has 108 valence electrons. The van der Waals surface area contributed by atoms with Crippen molar-refractivity contribution in [3.63, 3.8) is 0 Å². The maximum absolute atomic E-state index is 13.0. The van der Waals surface area contributed by atoms with Crippen LogP contribution in [-0.4, -0.2) is 9.55 Å². The van der Waals surface area contributed by atoms with Gasteiger partial charge in [0.25, 0.3) is 0 Å². The van der Waals surface area contributed by atoms with Crippen LogP contribution in [0.15, 0.2) is 30.6 Å². The second-order valence-electron chi connectivity index (χ2n) is 4.56. The van der Waals surface area contributed by atoms with E-state index in [1.54, 1.807) is 10.8 Å². The number of rotatable bonds is 3. The Morgan fingerprint density at radius 1 is 1.30 bits per heavy atom. The third kappa shape index (κ3) is 3.07. The zero-order valence-electron chi connectivity index (χ0n) is 10.9. The number of aromatic nitrogens is 2. The van der Waals surface area contributed by atoms with Crippen LogP contribution in [0, 0.1) is 0 Å². The van der Waals surface area contributed by atoms with Gasteiger partial charge in [-0.2, -0.15) is 13.2 Å². The maximum atomic E-state index is 13.0. The first-order chi connectivity index (χ1) is 9.29. The summed E-state index contributed by atoms with van der Waals surface area (Å²) >= 11 is 5.64. The molecule has 0 unspecified atom stereocenters. The molecule has 0 atom stereocenters. The molecule has 3 nitrogen and oxygen atoms in total. The fraction of sp³-hybridized carbons (Fsp3) is 0.308. The van der Waals surface area contributed by atoms with Crippen molar-refractivity contribution in [3.8, 4) is 0 Å². The Bertz CT molecular complexity index is 605. The van der Waals surface area contributed by atoms with E-state index in [1.807, 2.05) is 13.8 Å². The van der Waals surface area contributed by atoms with Crippen LogP contribution < -0.4 is 5.32 Å². The van der Waals surface area contributed by atoms with Gasteiger partial charge in [-0.05, 0) is 32.0 Å². The third-order valence-corrected chi connectivity index (χ3v) is 2.99. The first kappa shape index (κ1) is 14.7. The summed E-state index contributed by atoms with van der Waals surface area (Å²) in [6.07, 6.45) is -1.25. The Balaban J connectivity index is 2.41. The monoisotopic (exact) mass is 303 g/mol. The predicted molar refractivity (Wildman–Crippen MR) is 72.3 cm³/mol. The zero-order chi connectivity index (χ0) is 14.9. The smallest absolute Gasteiger partial charge is 0.325 e. The van der Waals surface area contributed by atoms with Gasteiger partial charge in [0.2, 0.25) is 5.95 Å². The molecule has 0 saturated carbocycles. The molecule has 1 aromatic heterocycles. The summed E-state index contributed by atoms with van der Waals surface area (Å²) in [5.74, 6) is 0.354. The van der Waals surface area contributed by atoms with Crippen molar-refractivity contribution in [2.75, 3.05) is 5.32 Å². The highest BCUT2D eigenvalue weighted by Crippen LogP contribution is 2.37. The molecule has 0 aliphatic heterocycles. The fourth-order valence-corrected chi connectivity index (χ4v) is 1.98. The number of anilines is 2. The number of hydrogen-bond acceptors (Lipinski definition) is 2. The van der Waals surface area contributed by atoms with Crippen molar-refractivity contribution >= 4 is 23.2 Å². The van der Waals surface area contributed by atoms with Gasteiger partial charge < -0.3 is 9.88 Å². The van der Waals surface area contributed by atoms with Crippen LogP contribution in [0.3, 0.4) is 0 Å². The number of alkyl halides is 3. The van der Waals surface area contributed by atoms with E-state index in [0.29, 0.717) is 5.95 Å². The van der Waals surface area contributed by atoms with Crippen molar-refractivity contribution in [1.29, 1.82) is 0 Å². The van der Waals surface area contributed by atoms with Gasteiger partial charge in [-0.25, -0.2) is 4.98 Å². The summed E-state index contributed by atoms with van der Waals surface area (Å²) < 4.78 is 40.7.